The second-order valence-corrected chi connectivity index (χ2v) is 7.50. The lowest BCUT2D eigenvalue weighted by molar-refractivity contribution is -0.137. The third kappa shape index (κ3) is 3.04. The van der Waals surface area contributed by atoms with Crippen LogP contribution in [-0.2, 0) is 9.53 Å². The zero-order chi connectivity index (χ0) is 20.8. The minimum Gasteiger partial charge on any atom is -0.454 e. The van der Waals surface area contributed by atoms with E-state index in [4.69, 9.17) is 25.8 Å². The van der Waals surface area contributed by atoms with Gasteiger partial charge in [-0.05, 0) is 37.3 Å². The molecular formula is C22H15ClN2O5. The van der Waals surface area contributed by atoms with E-state index in [1.165, 1.54) is 6.92 Å². The first-order valence-electron chi connectivity index (χ1n) is 9.23. The third-order valence-corrected chi connectivity index (χ3v) is 5.05. The molecule has 4 aromatic rings. The van der Waals surface area contributed by atoms with Gasteiger partial charge in [-0.1, -0.05) is 18.2 Å². The average Bonchev–Trinajstić information content (AvgIpc) is 3.36. The fourth-order valence-corrected chi connectivity index (χ4v) is 3.47. The number of aromatic amines is 1. The van der Waals surface area contributed by atoms with Crippen LogP contribution < -0.4 is 9.47 Å². The number of halogens is 1. The standard InChI is InChI=1S/C22H15ClN2O5/c1-11(23)21(26)30-22(27)16-9-14-13-4-2-3-5-15(13)24-20(14)19(25-16)12-6-7-17-18(8-12)29-10-28-17/h2-9,11,24H,10H2,1H3. The highest BCUT2D eigenvalue weighted by Crippen LogP contribution is 2.38. The summed E-state index contributed by atoms with van der Waals surface area (Å²) in [5, 5.41) is 0.758. The summed E-state index contributed by atoms with van der Waals surface area (Å²) < 4.78 is 15.7. The number of esters is 2. The van der Waals surface area contributed by atoms with Crippen LogP contribution in [0.5, 0.6) is 11.5 Å². The van der Waals surface area contributed by atoms with Gasteiger partial charge >= 0.3 is 11.9 Å². The number of benzene rings is 2. The van der Waals surface area contributed by atoms with Crippen LogP contribution in [0.2, 0.25) is 0 Å². The van der Waals surface area contributed by atoms with Crippen molar-refractivity contribution in [3.8, 4) is 22.8 Å². The van der Waals surface area contributed by atoms with Crippen molar-refractivity contribution in [1.82, 2.24) is 9.97 Å². The summed E-state index contributed by atoms with van der Waals surface area (Å²) in [6.07, 6.45) is 0. The van der Waals surface area contributed by atoms with Gasteiger partial charge in [0.25, 0.3) is 0 Å². The highest BCUT2D eigenvalue weighted by Gasteiger charge is 2.23. The number of fused-ring (bicyclic) bond motifs is 4. The highest BCUT2D eigenvalue weighted by molar-refractivity contribution is 6.30. The smallest absolute Gasteiger partial charge is 0.364 e. The molecule has 0 saturated carbocycles. The van der Waals surface area contributed by atoms with E-state index in [0.29, 0.717) is 17.2 Å². The summed E-state index contributed by atoms with van der Waals surface area (Å²) in [7, 11) is 0. The van der Waals surface area contributed by atoms with E-state index >= 15 is 0 Å². The molecule has 0 fully saturated rings. The van der Waals surface area contributed by atoms with Gasteiger partial charge in [-0.25, -0.2) is 14.6 Å². The van der Waals surface area contributed by atoms with Gasteiger partial charge in [-0.2, -0.15) is 0 Å². The molecule has 1 unspecified atom stereocenters. The SMILES string of the molecule is CC(Cl)C(=O)OC(=O)c1cc2c([nH]c3ccccc32)c(-c2ccc3c(c2)OCO3)n1. The normalized spacial score (nSPS) is 13.5. The summed E-state index contributed by atoms with van der Waals surface area (Å²) in [6, 6.07) is 14.7. The van der Waals surface area contributed by atoms with E-state index in [0.717, 1.165) is 27.4 Å². The van der Waals surface area contributed by atoms with Gasteiger partial charge in [0.05, 0.1) is 11.2 Å². The molecule has 0 spiro atoms. The third-order valence-electron chi connectivity index (χ3n) is 4.87. The van der Waals surface area contributed by atoms with Crippen molar-refractivity contribution in [3.63, 3.8) is 0 Å². The molecule has 0 saturated heterocycles. The molecule has 7 nitrogen and oxygen atoms in total. The van der Waals surface area contributed by atoms with Crippen LogP contribution in [0.4, 0.5) is 0 Å². The zero-order valence-electron chi connectivity index (χ0n) is 15.8. The lowest BCUT2D eigenvalue weighted by atomic mass is 10.1. The number of alkyl halides is 1. The average molecular weight is 423 g/mol. The number of hydrogen-bond acceptors (Lipinski definition) is 6. The van der Waals surface area contributed by atoms with Crippen LogP contribution in [0, 0.1) is 0 Å². The summed E-state index contributed by atoms with van der Waals surface area (Å²) in [5.74, 6) is -0.449. The maximum absolute atomic E-state index is 12.6. The molecule has 150 valence electrons. The number of H-pyrrole nitrogens is 1. The van der Waals surface area contributed by atoms with E-state index in [1.54, 1.807) is 18.2 Å². The number of para-hydroxylation sites is 1. The summed E-state index contributed by atoms with van der Waals surface area (Å²) >= 11 is 5.72. The first-order chi connectivity index (χ1) is 14.5. The molecule has 0 aliphatic carbocycles. The van der Waals surface area contributed by atoms with E-state index in [9.17, 15) is 9.59 Å². The number of carbonyl (C=O) groups excluding carboxylic acids is 2. The van der Waals surface area contributed by atoms with Crippen molar-refractivity contribution in [3.05, 3.63) is 54.2 Å². The van der Waals surface area contributed by atoms with Gasteiger partial charge in [0.2, 0.25) is 6.79 Å². The first kappa shape index (κ1) is 18.4. The summed E-state index contributed by atoms with van der Waals surface area (Å²) in [5.41, 5.74) is 2.91. The van der Waals surface area contributed by atoms with Crippen LogP contribution >= 0.6 is 11.6 Å². The molecule has 0 radical (unpaired) electrons. The maximum atomic E-state index is 12.6. The molecule has 8 heteroatoms. The second kappa shape index (κ2) is 7.03. The van der Waals surface area contributed by atoms with Crippen molar-refractivity contribution in [2.45, 2.75) is 12.3 Å². The number of nitrogens with one attached hydrogen (secondary N) is 1. The fraction of sp³-hybridized carbons (Fsp3) is 0.136. The second-order valence-electron chi connectivity index (χ2n) is 6.84. The van der Waals surface area contributed by atoms with E-state index in [2.05, 4.69) is 9.97 Å². The van der Waals surface area contributed by atoms with Crippen molar-refractivity contribution in [1.29, 1.82) is 0 Å². The largest absolute Gasteiger partial charge is 0.454 e. The van der Waals surface area contributed by atoms with Gasteiger partial charge in [0, 0.05) is 21.9 Å². The van der Waals surface area contributed by atoms with Gasteiger partial charge in [0.15, 0.2) is 11.5 Å². The molecular weight excluding hydrogens is 408 g/mol. The van der Waals surface area contributed by atoms with Gasteiger partial charge < -0.3 is 19.2 Å². The Morgan fingerprint density at radius 3 is 2.73 bits per heavy atom. The highest BCUT2D eigenvalue weighted by atomic mass is 35.5. The fourth-order valence-electron chi connectivity index (χ4n) is 3.43. The first-order valence-corrected chi connectivity index (χ1v) is 9.66. The van der Waals surface area contributed by atoms with Crippen LogP contribution in [0.25, 0.3) is 33.1 Å². The number of nitrogens with zero attached hydrogens (tertiary/aromatic N) is 1. The molecule has 1 aliphatic rings. The molecule has 0 bridgehead atoms. The Hall–Kier alpha value is -3.58. The Morgan fingerprint density at radius 1 is 1.10 bits per heavy atom. The van der Waals surface area contributed by atoms with E-state index in [1.807, 2.05) is 30.3 Å². The molecule has 1 N–H and O–H groups in total. The Kier molecular flexibility index (Phi) is 4.33. The molecule has 5 rings (SSSR count). The van der Waals surface area contributed by atoms with Crippen LogP contribution in [0.15, 0.2) is 48.5 Å². The Morgan fingerprint density at radius 2 is 1.90 bits per heavy atom. The van der Waals surface area contributed by atoms with Gasteiger partial charge in [0.1, 0.15) is 11.1 Å². The molecule has 0 amide bonds. The van der Waals surface area contributed by atoms with E-state index in [-0.39, 0.29) is 12.5 Å². The Labute approximate surface area is 175 Å². The molecule has 2 aromatic carbocycles. The minimum absolute atomic E-state index is 0.00517. The van der Waals surface area contributed by atoms with Crippen LogP contribution in [0.3, 0.4) is 0 Å². The number of carbonyl (C=O) groups is 2. The van der Waals surface area contributed by atoms with Crippen LogP contribution in [0.1, 0.15) is 17.4 Å². The summed E-state index contributed by atoms with van der Waals surface area (Å²) in [4.78, 5) is 32.3. The number of aromatic nitrogens is 2. The van der Waals surface area contributed by atoms with Crippen molar-refractivity contribution >= 4 is 45.3 Å². The topological polar surface area (TPSA) is 90.5 Å². The molecule has 1 aliphatic heterocycles. The quantitative estimate of drug-likeness (QED) is 0.298. The number of pyridine rings is 1. The molecule has 1 atom stereocenters. The van der Waals surface area contributed by atoms with Crippen molar-refractivity contribution in [2.24, 2.45) is 0 Å². The Bertz CT molecular complexity index is 1330. The monoisotopic (exact) mass is 422 g/mol. The van der Waals surface area contributed by atoms with Crippen molar-refractivity contribution in [2.75, 3.05) is 6.79 Å². The number of hydrogen-bond donors (Lipinski definition) is 1. The van der Waals surface area contributed by atoms with Crippen LogP contribution in [-0.4, -0.2) is 34.1 Å². The number of ether oxygens (including phenoxy) is 3. The zero-order valence-corrected chi connectivity index (χ0v) is 16.5. The van der Waals surface area contributed by atoms with E-state index < -0.39 is 17.3 Å². The number of rotatable bonds is 3. The Balaban J connectivity index is 1.72. The van der Waals surface area contributed by atoms with Gasteiger partial charge in [-0.15, -0.1) is 11.6 Å². The summed E-state index contributed by atoms with van der Waals surface area (Å²) in [6.45, 7) is 1.59. The minimum atomic E-state index is -0.945. The van der Waals surface area contributed by atoms with Gasteiger partial charge in [-0.3, -0.25) is 0 Å². The predicted octanol–water partition coefficient (Wildman–Crippen LogP) is 4.42. The molecule has 3 heterocycles. The lowest BCUT2D eigenvalue weighted by Gasteiger charge is -2.08. The molecule has 30 heavy (non-hydrogen) atoms. The maximum Gasteiger partial charge on any atom is 0.364 e. The molecule has 2 aromatic heterocycles. The van der Waals surface area contributed by atoms with Crippen molar-refractivity contribution < 1.29 is 23.8 Å². The predicted molar refractivity (Wildman–Crippen MR) is 111 cm³/mol. The lowest BCUT2D eigenvalue weighted by Crippen LogP contribution is -2.20.